The molecule has 1 aromatic heterocycles. The molecule has 2 aromatic rings. The molecule has 0 aliphatic rings. The third-order valence-corrected chi connectivity index (χ3v) is 8.88. The fraction of sp³-hybridized carbons (Fsp3) is 0.725. The van der Waals surface area contributed by atoms with E-state index >= 15 is 0 Å². The minimum atomic E-state index is 0.985. The van der Waals surface area contributed by atoms with E-state index in [1.54, 1.807) is 11.1 Å². The number of pyridine rings is 1. The molecule has 1 heterocycles. The van der Waals surface area contributed by atoms with Gasteiger partial charge < -0.3 is 0 Å². The number of hydrogen-bond acceptors (Lipinski definition) is 0. The molecule has 0 fully saturated rings. The van der Waals surface area contributed by atoms with Crippen molar-refractivity contribution in [3.8, 4) is 0 Å². The van der Waals surface area contributed by atoms with Crippen LogP contribution < -0.4 is 4.57 Å². The Morgan fingerprint density at radius 2 is 0.732 bits per heavy atom. The van der Waals surface area contributed by atoms with E-state index in [1.807, 2.05) is 0 Å². The largest absolute Gasteiger partial charge is 0.200 e. The second kappa shape index (κ2) is 26.0. The average molecular weight is 563 g/mol. The Balaban J connectivity index is 1.65. The maximum atomic E-state index is 2.53. The first-order valence-corrected chi connectivity index (χ1v) is 18.4. The van der Waals surface area contributed by atoms with Gasteiger partial charge >= 0.3 is 0 Å². The summed E-state index contributed by atoms with van der Waals surface area (Å²) in [5, 5.41) is 0. The number of aromatic nitrogens is 1. The molecule has 0 aliphatic heterocycles. The van der Waals surface area contributed by atoms with Crippen molar-refractivity contribution in [2.75, 3.05) is 0 Å². The molecule has 0 saturated heterocycles. The zero-order valence-electron chi connectivity index (χ0n) is 27.7. The summed E-state index contributed by atoms with van der Waals surface area (Å²) in [6.45, 7) is 5.60. The molecule has 0 amide bonds. The molecular formula is C40H68N+. The SMILES string of the molecule is CCCCCCCCCCCCCCc1cc(CCCCCCCCCCCCCC)c[n+](Cc2ccccc2)c1. The normalized spacial score (nSPS) is 11.4. The fourth-order valence-corrected chi connectivity index (χ4v) is 6.28. The van der Waals surface area contributed by atoms with E-state index in [0.717, 1.165) is 6.54 Å². The molecule has 1 nitrogen and oxygen atoms in total. The van der Waals surface area contributed by atoms with Crippen molar-refractivity contribution < 1.29 is 4.57 Å². The maximum absolute atomic E-state index is 2.53. The van der Waals surface area contributed by atoms with Crippen LogP contribution in [-0.4, -0.2) is 0 Å². The number of unbranched alkanes of at least 4 members (excludes halogenated alkanes) is 22. The molecule has 1 aromatic carbocycles. The Morgan fingerprint density at radius 3 is 1.10 bits per heavy atom. The zero-order chi connectivity index (χ0) is 29.1. The Kier molecular flexibility index (Phi) is 22.6. The highest BCUT2D eigenvalue weighted by Crippen LogP contribution is 2.16. The average Bonchev–Trinajstić information content (AvgIpc) is 2.99. The van der Waals surface area contributed by atoms with Crippen LogP contribution in [0.1, 0.15) is 185 Å². The molecule has 0 spiro atoms. The Morgan fingerprint density at radius 1 is 0.390 bits per heavy atom. The molecular weight excluding hydrogens is 494 g/mol. The third-order valence-electron chi connectivity index (χ3n) is 8.88. The van der Waals surface area contributed by atoms with Gasteiger partial charge in [0, 0.05) is 16.7 Å². The Labute approximate surface area is 257 Å². The van der Waals surface area contributed by atoms with Crippen molar-refractivity contribution >= 4 is 0 Å². The molecule has 0 bridgehead atoms. The third kappa shape index (κ3) is 20.0. The van der Waals surface area contributed by atoms with E-state index in [9.17, 15) is 0 Å². The summed E-state index contributed by atoms with van der Waals surface area (Å²) in [5.41, 5.74) is 4.49. The summed E-state index contributed by atoms with van der Waals surface area (Å²) in [6.07, 6.45) is 41.5. The fourth-order valence-electron chi connectivity index (χ4n) is 6.28. The van der Waals surface area contributed by atoms with Crippen LogP contribution in [0.15, 0.2) is 48.8 Å². The molecule has 0 unspecified atom stereocenters. The number of benzene rings is 1. The van der Waals surface area contributed by atoms with Crippen LogP contribution in [0.5, 0.6) is 0 Å². The van der Waals surface area contributed by atoms with E-state index in [-0.39, 0.29) is 0 Å². The molecule has 0 N–H and O–H groups in total. The first kappa shape index (κ1) is 35.6. The summed E-state index contributed by atoms with van der Waals surface area (Å²) in [6, 6.07) is 13.5. The highest BCUT2D eigenvalue weighted by molar-refractivity contribution is 5.17. The lowest BCUT2D eigenvalue weighted by Gasteiger charge is -2.07. The van der Waals surface area contributed by atoms with E-state index in [4.69, 9.17) is 0 Å². The monoisotopic (exact) mass is 563 g/mol. The predicted molar refractivity (Wildman–Crippen MR) is 182 cm³/mol. The van der Waals surface area contributed by atoms with Crippen LogP contribution >= 0.6 is 0 Å². The van der Waals surface area contributed by atoms with Crippen molar-refractivity contribution in [2.24, 2.45) is 0 Å². The van der Waals surface area contributed by atoms with Crippen molar-refractivity contribution in [3.63, 3.8) is 0 Å². The first-order chi connectivity index (χ1) is 20.3. The van der Waals surface area contributed by atoms with Crippen LogP contribution in [0.2, 0.25) is 0 Å². The summed E-state index contributed by atoms with van der Waals surface area (Å²) < 4.78 is 2.46. The van der Waals surface area contributed by atoms with E-state index in [2.05, 4.69) is 67.2 Å². The summed E-state index contributed by atoms with van der Waals surface area (Å²) in [4.78, 5) is 0. The van der Waals surface area contributed by atoms with Crippen LogP contribution in [0, 0.1) is 0 Å². The molecule has 232 valence electrons. The molecule has 41 heavy (non-hydrogen) atoms. The summed E-state index contributed by atoms with van der Waals surface area (Å²) in [5.74, 6) is 0. The van der Waals surface area contributed by atoms with Gasteiger partial charge in [0.1, 0.15) is 0 Å². The molecule has 0 aliphatic carbocycles. The second-order valence-corrected chi connectivity index (χ2v) is 13.0. The standard InChI is InChI=1S/C40H68N/c1-3-5-7-9-11-13-15-17-19-21-23-26-32-39-34-40(37-41(36-39)35-38-30-28-25-29-31-38)33-27-24-22-20-18-16-14-12-10-8-6-4-2/h25,28-31,34,36-37H,3-24,26-27,32-33,35H2,1-2H3/q+1. The number of nitrogens with zero attached hydrogens (tertiary/aromatic N) is 1. The van der Waals surface area contributed by atoms with E-state index in [0.29, 0.717) is 0 Å². The highest BCUT2D eigenvalue weighted by Gasteiger charge is 2.09. The lowest BCUT2D eigenvalue weighted by Crippen LogP contribution is -2.35. The van der Waals surface area contributed by atoms with Gasteiger partial charge in [-0.05, 0) is 31.7 Å². The van der Waals surface area contributed by atoms with Crippen LogP contribution in [0.3, 0.4) is 0 Å². The van der Waals surface area contributed by atoms with Crippen molar-refractivity contribution in [3.05, 3.63) is 65.5 Å². The highest BCUT2D eigenvalue weighted by atomic mass is 14.9. The lowest BCUT2D eigenvalue weighted by molar-refractivity contribution is -0.689. The molecule has 0 atom stereocenters. The first-order valence-electron chi connectivity index (χ1n) is 18.4. The second-order valence-electron chi connectivity index (χ2n) is 13.0. The van der Waals surface area contributed by atoms with E-state index < -0.39 is 0 Å². The number of rotatable bonds is 28. The zero-order valence-corrected chi connectivity index (χ0v) is 27.7. The Hall–Kier alpha value is -1.63. The van der Waals surface area contributed by atoms with Crippen LogP contribution in [0.4, 0.5) is 0 Å². The quantitative estimate of drug-likeness (QED) is 0.0717. The Bertz CT molecular complexity index is 780. The van der Waals surface area contributed by atoms with Gasteiger partial charge in [-0.2, -0.15) is 0 Å². The summed E-state index contributed by atoms with van der Waals surface area (Å²) in [7, 11) is 0. The van der Waals surface area contributed by atoms with Crippen molar-refractivity contribution in [1.82, 2.24) is 0 Å². The van der Waals surface area contributed by atoms with Gasteiger partial charge in [0.2, 0.25) is 0 Å². The minimum Gasteiger partial charge on any atom is -0.200 e. The molecule has 1 heteroatoms. The van der Waals surface area contributed by atoms with E-state index in [1.165, 1.54) is 173 Å². The molecule has 0 radical (unpaired) electrons. The lowest BCUT2D eigenvalue weighted by atomic mass is 10.0. The van der Waals surface area contributed by atoms with Gasteiger partial charge in [0.05, 0.1) is 0 Å². The van der Waals surface area contributed by atoms with Gasteiger partial charge in [-0.15, -0.1) is 0 Å². The smallest absolute Gasteiger partial charge is 0.173 e. The van der Waals surface area contributed by atoms with Gasteiger partial charge in [-0.1, -0.05) is 185 Å². The van der Waals surface area contributed by atoms with Crippen LogP contribution in [0.25, 0.3) is 0 Å². The maximum Gasteiger partial charge on any atom is 0.173 e. The van der Waals surface area contributed by atoms with Gasteiger partial charge in [-0.3, -0.25) is 0 Å². The predicted octanol–water partition coefficient (Wildman–Crippen LogP) is 12.5. The number of hydrogen-bond donors (Lipinski definition) is 0. The van der Waals surface area contributed by atoms with Gasteiger partial charge in [-0.25, -0.2) is 4.57 Å². The van der Waals surface area contributed by atoms with Crippen molar-refractivity contribution in [2.45, 2.75) is 187 Å². The minimum absolute atomic E-state index is 0.985. The van der Waals surface area contributed by atoms with Gasteiger partial charge in [0.15, 0.2) is 18.9 Å². The molecule has 2 rings (SSSR count). The molecule has 0 saturated carbocycles. The van der Waals surface area contributed by atoms with Gasteiger partial charge in [0.25, 0.3) is 0 Å². The topological polar surface area (TPSA) is 3.88 Å². The number of aryl methyl sites for hydroxylation is 2. The van der Waals surface area contributed by atoms with Crippen LogP contribution in [-0.2, 0) is 19.4 Å². The summed E-state index contributed by atoms with van der Waals surface area (Å²) >= 11 is 0. The van der Waals surface area contributed by atoms with Crippen molar-refractivity contribution in [1.29, 1.82) is 0 Å².